The molecule has 0 saturated carbocycles. The van der Waals surface area contributed by atoms with Crippen molar-refractivity contribution in [2.75, 3.05) is 37.2 Å². The van der Waals surface area contributed by atoms with E-state index in [4.69, 9.17) is 14.0 Å². The zero-order valence-electron chi connectivity index (χ0n) is 22.5. The number of para-hydroxylation sites is 1. The quantitative estimate of drug-likeness (QED) is 0.726. The van der Waals surface area contributed by atoms with Crippen molar-refractivity contribution in [2.24, 2.45) is 11.7 Å². The van der Waals surface area contributed by atoms with Gasteiger partial charge >= 0.3 is 0 Å². The number of hydrogen-bond donors (Lipinski definition) is 1. The van der Waals surface area contributed by atoms with Crippen LogP contribution in [0.1, 0.15) is 27.4 Å². The van der Waals surface area contributed by atoms with Crippen molar-refractivity contribution in [3.63, 3.8) is 0 Å². The second kappa shape index (κ2) is 8.61. The number of nitrogens with zero attached hydrogens (tertiary/aromatic N) is 2. The van der Waals surface area contributed by atoms with Crippen LogP contribution in [0.4, 0.5) is 11.4 Å². The van der Waals surface area contributed by atoms with Crippen LogP contribution in [0.3, 0.4) is 0 Å². The van der Waals surface area contributed by atoms with Gasteiger partial charge in [0.05, 0.1) is 16.3 Å². The molecule has 2 aromatic rings. The first-order valence-corrected chi connectivity index (χ1v) is 12.3. The highest BCUT2D eigenvalue weighted by molar-refractivity contribution is 7.99. The monoisotopic (exact) mass is 451 g/mol. The van der Waals surface area contributed by atoms with Gasteiger partial charge in [-0.2, -0.15) is 0 Å². The Hall–Kier alpha value is -2.03. The molecule has 2 N–H and O–H groups in total. The molecular formula is C22H27N3O3S2. The third-order valence-corrected chi connectivity index (χ3v) is 7.45. The fraction of sp³-hybridized carbons (Fsp3) is 0.409. The number of carbonyl (C=O) groups excluding carboxylic acids is 1. The van der Waals surface area contributed by atoms with Crippen molar-refractivity contribution in [2.45, 2.75) is 33.9 Å². The van der Waals surface area contributed by atoms with Crippen LogP contribution in [0, 0.1) is 5.92 Å². The molecule has 0 atom stereocenters. The van der Waals surface area contributed by atoms with Gasteiger partial charge in [0.1, 0.15) is 0 Å². The average molecular weight is 452 g/mol. The summed E-state index contributed by atoms with van der Waals surface area (Å²) in [6.45, 7) is -5.65. The Balaban J connectivity index is 1.81. The van der Waals surface area contributed by atoms with E-state index in [0.29, 0.717) is 15.5 Å². The van der Waals surface area contributed by atoms with Crippen molar-refractivity contribution >= 4 is 38.9 Å². The molecule has 1 saturated heterocycles. The molecule has 2 aliphatic rings. The maximum absolute atomic E-state index is 12.3. The number of anilines is 2. The van der Waals surface area contributed by atoms with E-state index >= 15 is 0 Å². The Bertz CT molecular complexity index is 1300. The first-order chi connectivity index (χ1) is 16.6. The van der Waals surface area contributed by atoms with Gasteiger partial charge in [-0.3, -0.25) is 4.79 Å². The maximum atomic E-state index is 12.3. The summed E-state index contributed by atoms with van der Waals surface area (Å²) in [5, 5.41) is 0. The molecule has 2 aliphatic heterocycles. The topological polar surface area (TPSA) is 83.7 Å². The number of carbonyl (C=O) groups is 1. The van der Waals surface area contributed by atoms with Gasteiger partial charge < -0.3 is 15.5 Å². The molecule has 0 radical (unpaired) electrons. The first kappa shape index (κ1) is 14.9. The van der Waals surface area contributed by atoms with E-state index in [1.54, 1.807) is 30.3 Å². The molecule has 30 heavy (non-hydrogen) atoms. The lowest BCUT2D eigenvalue weighted by Crippen LogP contribution is -2.39. The molecule has 0 spiro atoms. The Morgan fingerprint density at radius 2 is 1.83 bits per heavy atom. The predicted molar refractivity (Wildman–Crippen MR) is 120 cm³/mol. The van der Waals surface area contributed by atoms with E-state index in [0.717, 1.165) is 11.2 Å². The van der Waals surface area contributed by atoms with Gasteiger partial charge in [-0.15, -0.1) is 0 Å². The first-order valence-electron chi connectivity index (χ1n) is 12.5. The number of hydrogen-bond acceptors (Lipinski definition) is 6. The summed E-state index contributed by atoms with van der Waals surface area (Å²) < 4.78 is 77.6. The van der Waals surface area contributed by atoms with E-state index in [-0.39, 0.29) is 36.5 Å². The van der Waals surface area contributed by atoms with Gasteiger partial charge in [-0.05, 0) is 69.1 Å². The van der Waals surface area contributed by atoms with Gasteiger partial charge in [0.15, 0.2) is 9.84 Å². The molecule has 2 aromatic carbocycles. The van der Waals surface area contributed by atoms with Crippen LogP contribution >= 0.6 is 11.8 Å². The van der Waals surface area contributed by atoms with Gasteiger partial charge in [-0.25, -0.2) is 8.42 Å². The van der Waals surface area contributed by atoms with E-state index in [1.807, 2.05) is 0 Å². The third-order valence-electron chi connectivity index (χ3n) is 5.20. The highest BCUT2D eigenvalue weighted by Crippen LogP contribution is 2.48. The molecule has 0 bridgehead atoms. The lowest BCUT2D eigenvalue weighted by atomic mass is 9.96. The molecule has 2 heterocycles. The van der Waals surface area contributed by atoms with Gasteiger partial charge in [0, 0.05) is 36.7 Å². The lowest BCUT2D eigenvalue weighted by Gasteiger charge is -2.35. The van der Waals surface area contributed by atoms with Gasteiger partial charge in [0.2, 0.25) is 5.91 Å². The van der Waals surface area contributed by atoms with E-state index in [2.05, 4.69) is 0 Å². The van der Waals surface area contributed by atoms with E-state index in [1.165, 1.54) is 28.8 Å². The molecule has 1 fully saturated rings. The summed E-state index contributed by atoms with van der Waals surface area (Å²) in [4.78, 5) is 14.9. The molecule has 0 aromatic heterocycles. The summed E-state index contributed by atoms with van der Waals surface area (Å²) in [6.07, 6.45) is -1.58. The molecule has 4 rings (SSSR count). The zero-order chi connectivity index (χ0) is 26.7. The number of rotatable bonds is 6. The number of sulfone groups is 1. The molecule has 6 nitrogen and oxygen atoms in total. The Labute approximate surface area is 190 Å². The number of primary amides is 1. The van der Waals surface area contributed by atoms with Gasteiger partial charge in [-0.1, -0.05) is 23.9 Å². The molecule has 1 amide bonds. The molecule has 160 valence electrons. The van der Waals surface area contributed by atoms with Crippen LogP contribution in [-0.4, -0.2) is 51.6 Å². The summed E-state index contributed by atoms with van der Waals surface area (Å²) in [5.41, 5.74) is 5.81. The predicted octanol–water partition coefficient (Wildman–Crippen LogP) is 3.28. The molecular weight excluding hydrogens is 418 g/mol. The number of likely N-dealkylation sites (tertiary alicyclic amines) is 1. The zero-order valence-corrected chi connectivity index (χ0v) is 18.1. The number of piperidine rings is 1. The summed E-state index contributed by atoms with van der Waals surface area (Å²) in [5.74, 6) is -0.929. The van der Waals surface area contributed by atoms with Crippen LogP contribution in [0.25, 0.3) is 0 Å². The normalized spacial score (nSPS) is 21.8. The van der Waals surface area contributed by atoms with E-state index < -0.39 is 41.0 Å². The van der Waals surface area contributed by atoms with Crippen LogP contribution < -0.4 is 10.6 Å². The Morgan fingerprint density at radius 1 is 1.13 bits per heavy atom. The number of benzene rings is 2. The highest BCUT2D eigenvalue weighted by atomic mass is 32.2. The molecule has 8 heteroatoms. The second-order valence-corrected chi connectivity index (χ2v) is 10.4. The second-order valence-electron chi connectivity index (χ2n) is 7.32. The SMILES string of the molecule is [2H]C([2H])(N1CCC(C(N)=O)CC1)C([2H])([2H])C([2H])([2H])N1c2ccccc2Sc2ccc(S(C)(=O)=O)cc21. The third kappa shape index (κ3) is 4.50. The minimum Gasteiger partial charge on any atom is -0.369 e. The summed E-state index contributed by atoms with van der Waals surface area (Å²) in [7, 11) is -3.65. The van der Waals surface area contributed by atoms with Crippen molar-refractivity contribution < 1.29 is 21.4 Å². The van der Waals surface area contributed by atoms with Crippen LogP contribution in [0.2, 0.25) is 0 Å². The fourth-order valence-electron chi connectivity index (χ4n) is 3.52. The van der Waals surface area contributed by atoms with Crippen LogP contribution in [0.15, 0.2) is 57.2 Å². The van der Waals surface area contributed by atoms with Crippen LogP contribution in [0.5, 0.6) is 0 Å². The minimum absolute atomic E-state index is 0.0391. The minimum atomic E-state index is -3.65. The number of nitrogens with two attached hydrogens (primary N) is 1. The summed E-state index contributed by atoms with van der Waals surface area (Å²) in [6, 6.07) is 11.0. The van der Waals surface area contributed by atoms with Crippen molar-refractivity contribution in [1.29, 1.82) is 0 Å². The van der Waals surface area contributed by atoms with Crippen LogP contribution in [-0.2, 0) is 14.6 Å². The van der Waals surface area contributed by atoms with Crippen molar-refractivity contribution in [1.82, 2.24) is 4.90 Å². The lowest BCUT2D eigenvalue weighted by molar-refractivity contribution is -0.123. The number of amides is 1. The Kier molecular flexibility index (Phi) is 4.27. The molecule has 0 unspecified atom stereocenters. The smallest absolute Gasteiger partial charge is 0.220 e. The maximum Gasteiger partial charge on any atom is 0.220 e. The highest BCUT2D eigenvalue weighted by Gasteiger charge is 2.26. The largest absolute Gasteiger partial charge is 0.369 e. The fourth-order valence-corrected chi connectivity index (χ4v) is 5.20. The van der Waals surface area contributed by atoms with Crippen molar-refractivity contribution in [3.05, 3.63) is 42.5 Å². The van der Waals surface area contributed by atoms with Gasteiger partial charge in [0.25, 0.3) is 0 Å². The summed E-state index contributed by atoms with van der Waals surface area (Å²) >= 11 is 1.30. The average Bonchev–Trinajstić information content (AvgIpc) is 2.81. The van der Waals surface area contributed by atoms with Crippen molar-refractivity contribution in [3.8, 4) is 0 Å². The standard InChI is InChI=1S/C22H27N3O3S2/c1-30(27,28)17-7-8-21-19(15-17)25(18-5-2-3-6-20(18)29-21)12-4-11-24-13-9-16(10-14-24)22(23)26/h2-3,5-8,15-16H,4,9-14H2,1H3,(H2,23,26)/i4D2,11D2,12D2. The number of fused-ring (bicyclic) bond motifs is 2. The van der Waals surface area contributed by atoms with E-state index in [9.17, 15) is 13.2 Å². The molecule has 0 aliphatic carbocycles. The Morgan fingerprint density at radius 3 is 2.53 bits per heavy atom.